The summed E-state index contributed by atoms with van der Waals surface area (Å²) in [4.78, 5) is 12.4. The number of rotatable bonds is 4. The minimum Gasteiger partial charge on any atom is -0.367 e. The van der Waals surface area contributed by atoms with Gasteiger partial charge in [0.2, 0.25) is 5.95 Å². The molecule has 0 aliphatic heterocycles. The zero-order chi connectivity index (χ0) is 15.5. The first-order valence-corrected chi connectivity index (χ1v) is 8.32. The molecule has 4 rings (SSSR count). The highest BCUT2D eigenvalue weighted by Crippen LogP contribution is 2.23. The summed E-state index contributed by atoms with van der Waals surface area (Å²) >= 11 is 0. The monoisotopic (exact) mass is 307 g/mol. The van der Waals surface area contributed by atoms with Gasteiger partial charge in [-0.25, -0.2) is 4.98 Å². The van der Waals surface area contributed by atoms with Crippen LogP contribution in [-0.4, -0.2) is 21.0 Å². The molecule has 2 aromatic heterocycles. The first kappa shape index (κ1) is 14.1. The molecule has 0 spiro atoms. The first-order chi connectivity index (χ1) is 11.4. The number of imidazole rings is 1. The van der Waals surface area contributed by atoms with E-state index >= 15 is 0 Å². The zero-order valence-electron chi connectivity index (χ0n) is 13.0. The fourth-order valence-corrected chi connectivity index (χ4v) is 3.15. The summed E-state index contributed by atoms with van der Waals surface area (Å²) in [5.41, 5.74) is 2.69. The second-order valence-electron chi connectivity index (χ2n) is 6.12. The SMILES string of the molecule is c1ccc(Nc2nc3nc(NC4CCCCC4)ccc3[nH]2)cc1. The Morgan fingerprint density at radius 2 is 1.74 bits per heavy atom. The summed E-state index contributed by atoms with van der Waals surface area (Å²) in [5, 5.41) is 6.81. The highest BCUT2D eigenvalue weighted by atomic mass is 15.2. The van der Waals surface area contributed by atoms with Gasteiger partial charge in [-0.05, 0) is 37.1 Å². The van der Waals surface area contributed by atoms with Crippen molar-refractivity contribution in [3.05, 3.63) is 42.5 Å². The Kier molecular flexibility index (Phi) is 3.84. The number of hydrogen-bond donors (Lipinski definition) is 3. The molecule has 118 valence electrons. The third kappa shape index (κ3) is 3.28. The lowest BCUT2D eigenvalue weighted by Gasteiger charge is -2.23. The molecule has 1 fully saturated rings. The average Bonchev–Trinajstić information content (AvgIpc) is 2.98. The molecule has 0 atom stereocenters. The standard InChI is InChI=1S/C18H21N5/c1-3-7-13(8-4-1)19-16-12-11-15-17(22-16)23-18(21-15)20-14-9-5-2-6-10-14/h2,5-6,9-13H,1,3-4,7-8H2,(H3,19,20,21,22,23). The molecule has 1 aliphatic rings. The van der Waals surface area contributed by atoms with Crippen LogP contribution in [-0.2, 0) is 0 Å². The van der Waals surface area contributed by atoms with Gasteiger partial charge in [0.25, 0.3) is 0 Å². The van der Waals surface area contributed by atoms with Crippen LogP contribution in [0.3, 0.4) is 0 Å². The smallest absolute Gasteiger partial charge is 0.207 e. The summed E-state index contributed by atoms with van der Waals surface area (Å²) < 4.78 is 0. The zero-order valence-corrected chi connectivity index (χ0v) is 13.0. The highest BCUT2D eigenvalue weighted by Gasteiger charge is 2.14. The minimum atomic E-state index is 0.551. The van der Waals surface area contributed by atoms with Crippen LogP contribution in [0.25, 0.3) is 11.2 Å². The van der Waals surface area contributed by atoms with Gasteiger partial charge < -0.3 is 15.6 Å². The van der Waals surface area contributed by atoms with Crippen molar-refractivity contribution in [2.75, 3.05) is 10.6 Å². The van der Waals surface area contributed by atoms with Crippen molar-refractivity contribution in [3.63, 3.8) is 0 Å². The molecule has 0 saturated heterocycles. The van der Waals surface area contributed by atoms with Crippen LogP contribution in [0, 0.1) is 0 Å². The second-order valence-corrected chi connectivity index (χ2v) is 6.12. The third-order valence-corrected chi connectivity index (χ3v) is 4.34. The van der Waals surface area contributed by atoms with E-state index in [9.17, 15) is 0 Å². The lowest BCUT2D eigenvalue weighted by Crippen LogP contribution is -2.22. The number of para-hydroxylation sites is 1. The minimum absolute atomic E-state index is 0.551. The molecule has 0 unspecified atom stereocenters. The Labute approximate surface area is 135 Å². The first-order valence-electron chi connectivity index (χ1n) is 8.32. The van der Waals surface area contributed by atoms with Gasteiger partial charge in [0.05, 0.1) is 5.52 Å². The molecule has 1 aromatic carbocycles. The number of H-pyrrole nitrogens is 1. The van der Waals surface area contributed by atoms with Gasteiger partial charge in [0, 0.05) is 11.7 Å². The van der Waals surface area contributed by atoms with E-state index in [2.05, 4.69) is 25.6 Å². The number of pyridine rings is 1. The summed E-state index contributed by atoms with van der Waals surface area (Å²) in [7, 11) is 0. The largest absolute Gasteiger partial charge is 0.367 e. The average molecular weight is 307 g/mol. The molecule has 0 bridgehead atoms. The predicted octanol–water partition coefficient (Wildman–Crippen LogP) is 4.45. The number of nitrogens with zero attached hydrogens (tertiary/aromatic N) is 2. The summed E-state index contributed by atoms with van der Waals surface area (Å²) in [6, 6.07) is 14.6. The number of aromatic nitrogens is 3. The molecule has 0 radical (unpaired) electrons. The Bertz CT molecular complexity index is 774. The molecule has 2 heterocycles. The molecule has 5 heteroatoms. The van der Waals surface area contributed by atoms with Gasteiger partial charge in [0.15, 0.2) is 5.65 Å². The summed E-state index contributed by atoms with van der Waals surface area (Å²) in [5.74, 6) is 1.63. The molecule has 0 amide bonds. The Balaban J connectivity index is 1.52. The van der Waals surface area contributed by atoms with Gasteiger partial charge in [-0.3, -0.25) is 0 Å². The number of hydrogen-bond acceptors (Lipinski definition) is 4. The Morgan fingerprint density at radius 3 is 2.57 bits per heavy atom. The van der Waals surface area contributed by atoms with Gasteiger partial charge in [0.1, 0.15) is 5.82 Å². The summed E-state index contributed by atoms with van der Waals surface area (Å²) in [6.07, 6.45) is 6.46. The maximum atomic E-state index is 4.64. The molecule has 1 saturated carbocycles. The van der Waals surface area contributed by atoms with E-state index in [0.29, 0.717) is 12.0 Å². The van der Waals surface area contributed by atoms with E-state index in [1.54, 1.807) is 0 Å². The fourth-order valence-electron chi connectivity index (χ4n) is 3.15. The molecule has 1 aliphatic carbocycles. The molecule has 5 nitrogen and oxygen atoms in total. The van der Waals surface area contributed by atoms with Crippen LogP contribution >= 0.6 is 0 Å². The van der Waals surface area contributed by atoms with Crippen LogP contribution < -0.4 is 10.6 Å². The van der Waals surface area contributed by atoms with Gasteiger partial charge in [-0.1, -0.05) is 37.5 Å². The van der Waals surface area contributed by atoms with Gasteiger partial charge in [-0.15, -0.1) is 0 Å². The topological polar surface area (TPSA) is 65.6 Å². The van der Waals surface area contributed by atoms with Crippen molar-refractivity contribution in [2.45, 2.75) is 38.1 Å². The Morgan fingerprint density at radius 1 is 0.913 bits per heavy atom. The van der Waals surface area contributed by atoms with E-state index in [0.717, 1.165) is 22.7 Å². The van der Waals surface area contributed by atoms with Crippen molar-refractivity contribution >= 4 is 28.6 Å². The predicted molar refractivity (Wildman–Crippen MR) is 94.1 cm³/mol. The van der Waals surface area contributed by atoms with Crippen LogP contribution in [0.1, 0.15) is 32.1 Å². The van der Waals surface area contributed by atoms with Crippen molar-refractivity contribution in [3.8, 4) is 0 Å². The molecule has 3 aromatic rings. The van der Waals surface area contributed by atoms with Crippen LogP contribution in [0.15, 0.2) is 42.5 Å². The third-order valence-electron chi connectivity index (χ3n) is 4.34. The highest BCUT2D eigenvalue weighted by molar-refractivity contribution is 5.76. The summed E-state index contributed by atoms with van der Waals surface area (Å²) in [6.45, 7) is 0. The number of anilines is 3. The number of aromatic amines is 1. The van der Waals surface area contributed by atoms with Crippen LogP contribution in [0.2, 0.25) is 0 Å². The number of nitrogens with one attached hydrogen (secondary N) is 3. The molecule has 3 N–H and O–H groups in total. The molecular formula is C18H21N5. The quantitative estimate of drug-likeness (QED) is 0.666. The van der Waals surface area contributed by atoms with Gasteiger partial charge >= 0.3 is 0 Å². The van der Waals surface area contributed by atoms with Crippen molar-refractivity contribution < 1.29 is 0 Å². The maximum Gasteiger partial charge on any atom is 0.207 e. The Hall–Kier alpha value is -2.56. The number of fused-ring (bicyclic) bond motifs is 1. The van der Waals surface area contributed by atoms with Crippen molar-refractivity contribution in [2.24, 2.45) is 0 Å². The molecule has 23 heavy (non-hydrogen) atoms. The van der Waals surface area contributed by atoms with E-state index in [4.69, 9.17) is 0 Å². The maximum absolute atomic E-state index is 4.64. The van der Waals surface area contributed by atoms with Crippen molar-refractivity contribution in [1.29, 1.82) is 0 Å². The van der Waals surface area contributed by atoms with E-state index < -0.39 is 0 Å². The van der Waals surface area contributed by atoms with Gasteiger partial charge in [-0.2, -0.15) is 4.98 Å². The fraction of sp³-hybridized carbons (Fsp3) is 0.333. The number of benzene rings is 1. The normalized spacial score (nSPS) is 15.7. The van der Waals surface area contributed by atoms with E-state index in [1.807, 2.05) is 42.5 Å². The molecular weight excluding hydrogens is 286 g/mol. The van der Waals surface area contributed by atoms with E-state index in [-0.39, 0.29) is 0 Å². The van der Waals surface area contributed by atoms with Crippen LogP contribution in [0.5, 0.6) is 0 Å². The second kappa shape index (κ2) is 6.28. The van der Waals surface area contributed by atoms with E-state index in [1.165, 1.54) is 32.1 Å². The van der Waals surface area contributed by atoms with Crippen molar-refractivity contribution in [1.82, 2.24) is 15.0 Å². The lowest BCUT2D eigenvalue weighted by molar-refractivity contribution is 0.462. The van der Waals surface area contributed by atoms with Crippen LogP contribution in [0.4, 0.5) is 17.5 Å². The lowest BCUT2D eigenvalue weighted by atomic mass is 9.95.